The van der Waals surface area contributed by atoms with E-state index in [0.29, 0.717) is 18.3 Å². The number of carbonyl (C=O) groups excluding carboxylic acids is 1. The zero-order chi connectivity index (χ0) is 11.6. The summed E-state index contributed by atoms with van der Waals surface area (Å²) in [5, 5.41) is 0.167. The van der Waals surface area contributed by atoms with Crippen LogP contribution in [0.3, 0.4) is 0 Å². The topological polar surface area (TPSA) is 51.2 Å². The molecule has 1 rings (SSSR count). The summed E-state index contributed by atoms with van der Waals surface area (Å²) in [6, 6.07) is 2.85. The van der Waals surface area contributed by atoms with Gasteiger partial charge in [0.15, 0.2) is 9.84 Å². The molecule has 0 spiro atoms. The molecule has 0 saturated heterocycles. The Morgan fingerprint density at radius 1 is 1.40 bits per heavy atom. The number of hydrogen-bond acceptors (Lipinski definition) is 3. The maximum atomic E-state index is 11.3. The normalized spacial score (nSPS) is 11.4. The molecule has 0 N–H and O–H groups in total. The van der Waals surface area contributed by atoms with Gasteiger partial charge in [-0.05, 0) is 24.1 Å². The molecule has 1 aromatic rings. The molecular weight excluding hydrogens is 236 g/mol. The molecule has 0 aliphatic carbocycles. The predicted molar refractivity (Wildman–Crippen MR) is 59.3 cm³/mol. The highest BCUT2D eigenvalue weighted by Crippen LogP contribution is 2.25. The maximum absolute atomic E-state index is 11.3. The van der Waals surface area contributed by atoms with E-state index in [1.807, 2.05) is 6.92 Å². The van der Waals surface area contributed by atoms with Crippen molar-refractivity contribution in [2.24, 2.45) is 0 Å². The van der Waals surface area contributed by atoms with Gasteiger partial charge in [0, 0.05) is 11.8 Å². The van der Waals surface area contributed by atoms with Crippen LogP contribution in [-0.2, 0) is 16.3 Å². The van der Waals surface area contributed by atoms with E-state index in [9.17, 15) is 13.2 Å². The van der Waals surface area contributed by atoms with E-state index >= 15 is 0 Å². The third-order valence-electron chi connectivity index (χ3n) is 2.10. The van der Waals surface area contributed by atoms with Crippen molar-refractivity contribution >= 4 is 27.7 Å². The van der Waals surface area contributed by atoms with Crippen LogP contribution in [0, 0.1) is 0 Å². The van der Waals surface area contributed by atoms with Gasteiger partial charge < -0.3 is 0 Å². The van der Waals surface area contributed by atoms with Crippen LogP contribution in [0.2, 0.25) is 5.02 Å². The Hall–Kier alpha value is -0.870. The van der Waals surface area contributed by atoms with Crippen LogP contribution in [-0.4, -0.2) is 21.0 Å². The lowest BCUT2D eigenvalue weighted by atomic mass is 10.1. The fourth-order valence-electron chi connectivity index (χ4n) is 1.31. The van der Waals surface area contributed by atoms with E-state index in [1.54, 1.807) is 0 Å². The molecule has 0 unspecified atom stereocenters. The summed E-state index contributed by atoms with van der Waals surface area (Å²) in [6.07, 6.45) is 2.34. The molecule has 0 amide bonds. The molecule has 0 bridgehead atoms. The highest BCUT2D eigenvalue weighted by molar-refractivity contribution is 7.90. The van der Waals surface area contributed by atoms with Crippen LogP contribution in [0.4, 0.5) is 0 Å². The van der Waals surface area contributed by atoms with Gasteiger partial charge in [0.05, 0.1) is 9.92 Å². The number of halogens is 1. The van der Waals surface area contributed by atoms with Gasteiger partial charge in [0.2, 0.25) is 0 Å². The Morgan fingerprint density at radius 3 is 2.40 bits per heavy atom. The molecule has 0 atom stereocenters. The molecule has 0 saturated carbocycles. The van der Waals surface area contributed by atoms with Crippen molar-refractivity contribution in [2.75, 3.05) is 6.26 Å². The van der Waals surface area contributed by atoms with Crippen molar-refractivity contribution in [1.29, 1.82) is 0 Å². The highest BCUT2D eigenvalue weighted by Gasteiger charge is 2.15. The zero-order valence-electron chi connectivity index (χ0n) is 8.45. The zero-order valence-corrected chi connectivity index (χ0v) is 10.0. The van der Waals surface area contributed by atoms with Gasteiger partial charge in [-0.25, -0.2) is 8.42 Å². The first-order chi connectivity index (χ1) is 6.90. The van der Waals surface area contributed by atoms with E-state index in [0.717, 1.165) is 11.8 Å². The largest absolute Gasteiger partial charge is 0.298 e. The van der Waals surface area contributed by atoms with Gasteiger partial charge in [0.25, 0.3) is 0 Å². The molecule has 0 aromatic heterocycles. The molecule has 0 aliphatic heterocycles. The van der Waals surface area contributed by atoms with Crippen LogP contribution >= 0.6 is 11.6 Å². The van der Waals surface area contributed by atoms with Gasteiger partial charge in [-0.3, -0.25) is 4.79 Å². The number of benzene rings is 1. The van der Waals surface area contributed by atoms with E-state index < -0.39 is 9.84 Å². The monoisotopic (exact) mass is 246 g/mol. The summed E-state index contributed by atoms with van der Waals surface area (Å²) in [5.74, 6) is 0. The Bertz CT molecular complexity index is 492. The molecule has 3 nitrogen and oxygen atoms in total. The molecule has 0 heterocycles. The SMILES string of the molecule is CCc1cc(Cl)c(S(C)(=O)=O)cc1C=O. The average Bonchev–Trinajstić information content (AvgIpc) is 2.15. The second-order valence-electron chi connectivity index (χ2n) is 3.23. The number of sulfone groups is 1. The Morgan fingerprint density at radius 2 is 2.00 bits per heavy atom. The minimum Gasteiger partial charge on any atom is -0.298 e. The molecule has 0 radical (unpaired) electrons. The van der Waals surface area contributed by atoms with Crippen molar-refractivity contribution < 1.29 is 13.2 Å². The quantitative estimate of drug-likeness (QED) is 0.768. The van der Waals surface area contributed by atoms with E-state index in [4.69, 9.17) is 11.6 Å². The van der Waals surface area contributed by atoms with Gasteiger partial charge in [0.1, 0.15) is 6.29 Å². The second-order valence-corrected chi connectivity index (χ2v) is 5.62. The number of aryl methyl sites for hydroxylation is 1. The first-order valence-electron chi connectivity index (χ1n) is 4.37. The first kappa shape index (κ1) is 12.2. The summed E-state index contributed by atoms with van der Waals surface area (Å²) in [7, 11) is -3.38. The van der Waals surface area contributed by atoms with Crippen molar-refractivity contribution in [3.63, 3.8) is 0 Å². The van der Waals surface area contributed by atoms with Gasteiger partial charge >= 0.3 is 0 Å². The van der Waals surface area contributed by atoms with E-state index in [2.05, 4.69) is 0 Å². The molecule has 0 aliphatic rings. The summed E-state index contributed by atoms with van der Waals surface area (Å²) in [6.45, 7) is 1.87. The molecule has 1 aromatic carbocycles. The lowest BCUT2D eigenvalue weighted by molar-refractivity contribution is 0.112. The highest BCUT2D eigenvalue weighted by atomic mass is 35.5. The number of hydrogen-bond donors (Lipinski definition) is 0. The molecule has 0 fully saturated rings. The van der Waals surface area contributed by atoms with Crippen LogP contribution in [0.5, 0.6) is 0 Å². The smallest absolute Gasteiger partial charge is 0.177 e. The van der Waals surface area contributed by atoms with E-state index in [1.165, 1.54) is 12.1 Å². The Kier molecular flexibility index (Phi) is 3.52. The predicted octanol–water partition coefficient (Wildman–Crippen LogP) is 2.12. The molecular formula is C10H11ClO3S. The lowest BCUT2D eigenvalue weighted by Gasteiger charge is -2.07. The second kappa shape index (κ2) is 4.33. The van der Waals surface area contributed by atoms with Crippen molar-refractivity contribution in [1.82, 2.24) is 0 Å². The van der Waals surface area contributed by atoms with Crippen LogP contribution in [0.25, 0.3) is 0 Å². The van der Waals surface area contributed by atoms with Gasteiger partial charge in [-0.15, -0.1) is 0 Å². The summed E-state index contributed by atoms with van der Waals surface area (Å²) in [5.41, 5.74) is 1.13. The van der Waals surface area contributed by atoms with E-state index in [-0.39, 0.29) is 9.92 Å². The van der Waals surface area contributed by atoms with Crippen molar-refractivity contribution in [3.05, 3.63) is 28.3 Å². The van der Waals surface area contributed by atoms with Crippen LogP contribution in [0.15, 0.2) is 17.0 Å². The third kappa shape index (κ3) is 2.58. The fraction of sp³-hybridized carbons (Fsp3) is 0.300. The van der Waals surface area contributed by atoms with Crippen molar-refractivity contribution in [2.45, 2.75) is 18.2 Å². The molecule has 5 heteroatoms. The lowest BCUT2D eigenvalue weighted by Crippen LogP contribution is -2.01. The Labute approximate surface area is 94.0 Å². The standard InChI is InChI=1S/C10H11ClO3S/c1-3-7-4-9(11)10(15(2,13)14)5-8(7)6-12/h4-6H,3H2,1-2H3. The third-order valence-corrected chi connectivity index (χ3v) is 3.66. The maximum Gasteiger partial charge on any atom is 0.177 e. The molecule has 82 valence electrons. The summed E-state index contributed by atoms with van der Waals surface area (Å²) >= 11 is 5.83. The molecule has 15 heavy (non-hydrogen) atoms. The number of carbonyl (C=O) groups is 1. The minimum absolute atomic E-state index is 0.00321. The minimum atomic E-state index is -3.38. The Balaban J connectivity index is 3.53. The summed E-state index contributed by atoms with van der Waals surface area (Å²) in [4.78, 5) is 10.7. The first-order valence-corrected chi connectivity index (χ1v) is 6.64. The van der Waals surface area contributed by atoms with Gasteiger partial charge in [-0.1, -0.05) is 18.5 Å². The average molecular weight is 247 g/mol. The number of rotatable bonds is 3. The van der Waals surface area contributed by atoms with Crippen molar-refractivity contribution in [3.8, 4) is 0 Å². The fourth-order valence-corrected chi connectivity index (χ4v) is 2.67. The van der Waals surface area contributed by atoms with Crippen LogP contribution in [0.1, 0.15) is 22.8 Å². The summed E-state index contributed by atoms with van der Waals surface area (Å²) < 4.78 is 22.6. The van der Waals surface area contributed by atoms with Gasteiger partial charge in [-0.2, -0.15) is 0 Å². The van der Waals surface area contributed by atoms with Crippen LogP contribution < -0.4 is 0 Å². The number of aldehydes is 1.